The molecule has 1 unspecified atom stereocenters. The zero-order valence-corrected chi connectivity index (χ0v) is 13.5. The molecule has 0 spiro atoms. The highest BCUT2D eigenvalue weighted by Gasteiger charge is 2.35. The van der Waals surface area contributed by atoms with Crippen molar-refractivity contribution in [3.63, 3.8) is 0 Å². The van der Waals surface area contributed by atoms with Gasteiger partial charge in [-0.05, 0) is 67.8 Å². The number of aryl methyl sites for hydroxylation is 2. The molecule has 1 aromatic carbocycles. The molecule has 1 aromatic heterocycles. The first kappa shape index (κ1) is 14.0. The molecule has 3 fully saturated rings. The van der Waals surface area contributed by atoms with Crippen LogP contribution in [-0.2, 0) is 6.42 Å². The van der Waals surface area contributed by atoms with Crippen LogP contribution < -0.4 is 5.56 Å². The van der Waals surface area contributed by atoms with Gasteiger partial charge in [-0.1, -0.05) is 19.1 Å². The normalized spacial score (nSPS) is 27.5. The fourth-order valence-electron chi connectivity index (χ4n) is 4.50. The Bertz CT molecular complexity index is 769. The van der Waals surface area contributed by atoms with Crippen molar-refractivity contribution in [3.05, 3.63) is 45.9 Å². The lowest BCUT2D eigenvalue weighted by atomic mass is 9.83. The molecule has 2 bridgehead atoms. The summed E-state index contributed by atoms with van der Waals surface area (Å²) < 4.78 is 2.05. The van der Waals surface area contributed by atoms with E-state index >= 15 is 0 Å². The van der Waals surface area contributed by atoms with Crippen molar-refractivity contribution in [1.82, 2.24) is 9.47 Å². The third-order valence-corrected chi connectivity index (χ3v) is 5.70. The highest BCUT2D eigenvalue weighted by Crippen LogP contribution is 2.35. The SMILES string of the molecule is CCc1cccc2c(=O)n(C3CN4CCC3CC4)cc(C)c12. The largest absolute Gasteiger partial charge is 0.310 e. The van der Waals surface area contributed by atoms with E-state index in [-0.39, 0.29) is 5.56 Å². The molecule has 0 aliphatic carbocycles. The van der Waals surface area contributed by atoms with Crippen molar-refractivity contribution >= 4 is 10.8 Å². The summed E-state index contributed by atoms with van der Waals surface area (Å²) in [7, 11) is 0. The van der Waals surface area contributed by atoms with Crippen LogP contribution in [-0.4, -0.2) is 29.1 Å². The third kappa shape index (κ3) is 2.03. The maximum Gasteiger partial charge on any atom is 0.258 e. The molecule has 4 heterocycles. The number of pyridine rings is 1. The highest BCUT2D eigenvalue weighted by atomic mass is 16.1. The van der Waals surface area contributed by atoms with Gasteiger partial charge in [0.2, 0.25) is 0 Å². The Kier molecular flexibility index (Phi) is 3.33. The van der Waals surface area contributed by atoms with Gasteiger partial charge in [-0.2, -0.15) is 0 Å². The van der Waals surface area contributed by atoms with Gasteiger partial charge in [0, 0.05) is 18.1 Å². The van der Waals surface area contributed by atoms with Crippen LogP contribution in [0.2, 0.25) is 0 Å². The van der Waals surface area contributed by atoms with Gasteiger partial charge >= 0.3 is 0 Å². The fraction of sp³-hybridized carbons (Fsp3) is 0.526. The lowest BCUT2D eigenvalue weighted by Crippen LogP contribution is -2.50. The van der Waals surface area contributed by atoms with Crippen molar-refractivity contribution in [2.45, 2.75) is 39.2 Å². The van der Waals surface area contributed by atoms with Crippen LogP contribution in [0.15, 0.2) is 29.2 Å². The molecule has 0 amide bonds. The fourth-order valence-corrected chi connectivity index (χ4v) is 4.50. The molecule has 1 atom stereocenters. The van der Waals surface area contributed by atoms with E-state index in [9.17, 15) is 4.79 Å². The van der Waals surface area contributed by atoms with Crippen molar-refractivity contribution in [3.8, 4) is 0 Å². The lowest BCUT2D eigenvalue weighted by molar-refractivity contribution is 0.0556. The van der Waals surface area contributed by atoms with Crippen LogP contribution in [0.1, 0.15) is 36.9 Å². The number of fused-ring (bicyclic) bond motifs is 4. The first-order valence-electron chi connectivity index (χ1n) is 8.54. The first-order chi connectivity index (χ1) is 10.7. The Morgan fingerprint density at radius 2 is 2.00 bits per heavy atom. The van der Waals surface area contributed by atoms with Crippen molar-refractivity contribution in [2.24, 2.45) is 5.92 Å². The monoisotopic (exact) mass is 296 g/mol. The van der Waals surface area contributed by atoms with Crippen LogP contribution in [0.4, 0.5) is 0 Å². The van der Waals surface area contributed by atoms with Gasteiger partial charge in [0.25, 0.3) is 5.56 Å². The first-order valence-corrected chi connectivity index (χ1v) is 8.54. The summed E-state index contributed by atoms with van der Waals surface area (Å²) in [6, 6.07) is 6.54. The van der Waals surface area contributed by atoms with Crippen LogP contribution in [0, 0.1) is 12.8 Å². The number of hydrogen-bond donors (Lipinski definition) is 0. The van der Waals surface area contributed by atoms with Gasteiger partial charge < -0.3 is 9.47 Å². The second kappa shape index (κ2) is 5.24. The molecule has 3 heteroatoms. The Balaban J connectivity index is 1.90. The molecule has 0 radical (unpaired) electrons. The number of nitrogens with zero attached hydrogens (tertiary/aromatic N) is 2. The molecule has 5 rings (SSSR count). The molecule has 3 saturated heterocycles. The highest BCUT2D eigenvalue weighted by molar-refractivity contribution is 5.87. The minimum atomic E-state index is 0.203. The molecule has 3 aliphatic heterocycles. The topological polar surface area (TPSA) is 25.2 Å². The summed E-state index contributed by atoms with van der Waals surface area (Å²) in [6.45, 7) is 7.78. The van der Waals surface area contributed by atoms with Crippen molar-refractivity contribution in [2.75, 3.05) is 19.6 Å². The zero-order valence-electron chi connectivity index (χ0n) is 13.5. The molecule has 3 aliphatic rings. The van der Waals surface area contributed by atoms with Gasteiger partial charge in [-0.15, -0.1) is 0 Å². The van der Waals surface area contributed by atoms with Crippen LogP contribution in [0.3, 0.4) is 0 Å². The Morgan fingerprint density at radius 3 is 2.64 bits per heavy atom. The summed E-state index contributed by atoms with van der Waals surface area (Å²) in [5.74, 6) is 0.675. The van der Waals surface area contributed by atoms with Gasteiger partial charge in [0.15, 0.2) is 0 Å². The lowest BCUT2D eigenvalue weighted by Gasteiger charge is -2.45. The minimum Gasteiger partial charge on any atom is -0.310 e. The molecule has 0 N–H and O–H groups in total. The van der Waals surface area contributed by atoms with Crippen LogP contribution in [0.25, 0.3) is 10.8 Å². The number of rotatable bonds is 2. The van der Waals surface area contributed by atoms with Crippen molar-refractivity contribution < 1.29 is 0 Å². The Hall–Kier alpha value is -1.61. The molecular formula is C19H24N2O. The number of hydrogen-bond acceptors (Lipinski definition) is 2. The maximum absolute atomic E-state index is 13.1. The molecule has 3 nitrogen and oxygen atoms in total. The van der Waals surface area contributed by atoms with E-state index in [0.29, 0.717) is 12.0 Å². The molecular weight excluding hydrogens is 272 g/mol. The van der Waals surface area contributed by atoms with Crippen molar-refractivity contribution in [1.29, 1.82) is 0 Å². The smallest absolute Gasteiger partial charge is 0.258 e. The maximum atomic E-state index is 13.1. The summed E-state index contributed by atoms with van der Waals surface area (Å²) in [5, 5.41) is 2.07. The van der Waals surface area contributed by atoms with E-state index in [0.717, 1.165) is 18.4 Å². The Labute approximate surface area is 131 Å². The van der Waals surface area contributed by atoms with Gasteiger partial charge in [0.05, 0.1) is 6.04 Å². The predicted molar refractivity (Wildman–Crippen MR) is 90.5 cm³/mol. The molecule has 0 saturated carbocycles. The standard InChI is InChI=1S/C19H24N2O/c1-3-14-5-4-6-16-18(14)13(2)11-21(19(16)22)17-12-20-9-7-15(17)8-10-20/h4-6,11,15,17H,3,7-10,12H2,1-2H3. The van der Waals surface area contributed by atoms with E-state index in [1.807, 2.05) is 16.7 Å². The minimum absolute atomic E-state index is 0.203. The summed E-state index contributed by atoms with van der Waals surface area (Å²) in [6.07, 6.45) is 5.57. The Morgan fingerprint density at radius 1 is 1.23 bits per heavy atom. The second-order valence-electron chi connectivity index (χ2n) is 6.92. The van der Waals surface area contributed by atoms with Gasteiger partial charge in [-0.3, -0.25) is 4.79 Å². The average molecular weight is 296 g/mol. The second-order valence-corrected chi connectivity index (χ2v) is 6.92. The third-order valence-electron chi connectivity index (χ3n) is 5.70. The molecule has 2 aromatic rings. The summed E-state index contributed by atoms with van der Waals surface area (Å²) in [4.78, 5) is 15.6. The number of benzene rings is 1. The summed E-state index contributed by atoms with van der Waals surface area (Å²) in [5.41, 5.74) is 2.73. The van der Waals surface area contributed by atoms with Crippen LogP contribution >= 0.6 is 0 Å². The van der Waals surface area contributed by atoms with Gasteiger partial charge in [0.1, 0.15) is 0 Å². The predicted octanol–water partition coefficient (Wildman–Crippen LogP) is 3.14. The van der Waals surface area contributed by atoms with E-state index in [2.05, 4.69) is 31.0 Å². The van der Waals surface area contributed by atoms with E-state index in [1.54, 1.807) is 0 Å². The quantitative estimate of drug-likeness (QED) is 0.850. The van der Waals surface area contributed by atoms with E-state index in [1.165, 1.54) is 42.4 Å². The molecule has 22 heavy (non-hydrogen) atoms. The van der Waals surface area contributed by atoms with E-state index < -0.39 is 0 Å². The van der Waals surface area contributed by atoms with Crippen LogP contribution in [0.5, 0.6) is 0 Å². The average Bonchev–Trinajstić information content (AvgIpc) is 2.58. The van der Waals surface area contributed by atoms with Gasteiger partial charge in [-0.25, -0.2) is 0 Å². The summed E-state index contributed by atoms with van der Waals surface area (Å²) >= 11 is 0. The number of piperidine rings is 3. The number of aromatic nitrogens is 1. The molecule has 116 valence electrons. The zero-order chi connectivity index (χ0) is 15.3. The van der Waals surface area contributed by atoms with E-state index in [4.69, 9.17) is 0 Å².